The van der Waals surface area contributed by atoms with Crippen LogP contribution in [0.5, 0.6) is 0 Å². The van der Waals surface area contributed by atoms with E-state index in [4.69, 9.17) is 5.11 Å². The highest BCUT2D eigenvalue weighted by atomic mass is 16.4. The van der Waals surface area contributed by atoms with Crippen LogP contribution in [0.3, 0.4) is 0 Å². The van der Waals surface area contributed by atoms with E-state index in [0.717, 1.165) is 6.42 Å². The van der Waals surface area contributed by atoms with Gasteiger partial charge in [-0.2, -0.15) is 0 Å². The van der Waals surface area contributed by atoms with Gasteiger partial charge in [-0.05, 0) is 12.0 Å². The normalized spacial score (nSPS) is 11.9. The molecule has 1 rings (SSSR count). The average molecular weight is 236 g/mol. The van der Waals surface area contributed by atoms with Crippen molar-refractivity contribution in [1.82, 2.24) is 10.3 Å². The summed E-state index contributed by atoms with van der Waals surface area (Å²) in [6.45, 7) is 4.59. The molecule has 0 aromatic carbocycles. The van der Waals surface area contributed by atoms with E-state index in [1.54, 1.807) is 0 Å². The van der Waals surface area contributed by atoms with Crippen molar-refractivity contribution in [2.45, 2.75) is 20.3 Å². The highest BCUT2D eigenvalue weighted by Gasteiger charge is 2.16. The topological polar surface area (TPSA) is 79.3 Å². The summed E-state index contributed by atoms with van der Waals surface area (Å²) in [6, 6.07) is 1.41. The lowest BCUT2D eigenvalue weighted by atomic mass is 10.1. The van der Waals surface area contributed by atoms with Crippen LogP contribution in [0, 0.1) is 5.92 Å². The minimum Gasteiger partial charge on any atom is -0.478 e. The molecule has 0 fully saturated rings. The number of carboxylic acid groups (broad SMARTS) is 1. The van der Waals surface area contributed by atoms with E-state index in [2.05, 4.69) is 10.3 Å². The Balaban J connectivity index is 2.78. The SMILES string of the molecule is CCC(C)CNC(=O)c1ccncc1C(=O)O. The zero-order valence-corrected chi connectivity index (χ0v) is 9.93. The predicted molar refractivity (Wildman–Crippen MR) is 63.0 cm³/mol. The molecular formula is C12H16N2O3. The summed E-state index contributed by atoms with van der Waals surface area (Å²) < 4.78 is 0. The zero-order valence-electron chi connectivity index (χ0n) is 9.93. The molecular weight excluding hydrogens is 220 g/mol. The van der Waals surface area contributed by atoms with Gasteiger partial charge in [-0.15, -0.1) is 0 Å². The smallest absolute Gasteiger partial charge is 0.338 e. The van der Waals surface area contributed by atoms with E-state index in [9.17, 15) is 9.59 Å². The Morgan fingerprint density at radius 2 is 2.18 bits per heavy atom. The number of rotatable bonds is 5. The number of carbonyl (C=O) groups is 2. The van der Waals surface area contributed by atoms with E-state index < -0.39 is 5.97 Å². The van der Waals surface area contributed by atoms with Gasteiger partial charge >= 0.3 is 5.97 Å². The molecule has 0 saturated heterocycles. The van der Waals surface area contributed by atoms with Crippen LogP contribution < -0.4 is 5.32 Å². The number of carboxylic acids is 1. The van der Waals surface area contributed by atoms with Crippen LogP contribution in [0.15, 0.2) is 18.5 Å². The molecule has 0 aliphatic heterocycles. The third-order valence-corrected chi connectivity index (χ3v) is 2.60. The number of aromatic carboxylic acids is 1. The van der Waals surface area contributed by atoms with Crippen molar-refractivity contribution in [2.24, 2.45) is 5.92 Å². The molecule has 17 heavy (non-hydrogen) atoms. The van der Waals surface area contributed by atoms with Crippen molar-refractivity contribution in [3.63, 3.8) is 0 Å². The second-order valence-corrected chi connectivity index (χ2v) is 3.95. The van der Waals surface area contributed by atoms with Crippen LogP contribution in [0.2, 0.25) is 0 Å². The Morgan fingerprint density at radius 1 is 1.47 bits per heavy atom. The number of carbonyl (C=O) groups excluding carboxylic acids is 1. The maximum atomic E-state index is 11.8. The van der Waals surface area contributed by atoms with E-state index in [1.807, 2.05) is 13.8 Å². The van der Waals surface area contributed by atoms with Crippen LogP contribution in [0.1, 0.15) is 41.0 Å². The molecule has 1 aromatic rings. The number of aromatic nitrogens is 1. The minimum absolute atomic E-state index is 0.0749. The molecule has 0 radical (unpaired) electrons. The predicted octanol–water partition coefficient (Wildman–Crippen LogP) is 1.56. The third kappa shape index (κ3) is 3.55. The van der Waals surface area contributed by atoms with E-state index in [-0.39, 0.29) is 17.0 Å². The molecule has 0 bridgehead atoms. The van der Waals surface area contributed by atoms with E-state index >= 15 is 0 Å². The summed E-state index contributed by atoms with van der Waals surface area (Å²) in [7, 11) is 0. The molecule has 5 heteroatoms. The van der Waals surface area contributed by atoms with Gasteiger partial charge < -0.3 is 10.4 Å². The number of nitrogens with zero attached hydrogens (tertiary/aromatic N) is 1. The van der Waals surface area contributed by atoms with Gasteiger partial charge in [-0.25, -0.2) is 4.79 Å². The lowest BCUT2D eigenvalue weighted by Gasteiger charge is -2.11. The maximum absolute atomic E-state index is 11.8. The van der Waals surface area contributed by atoms with Gasteiger partial charge in [0.1, 0.15) is 0 Å². The number of nitrogens with one attached hydrogen (secondary N) is 1. The number of hydrogen-bond donors (Lipinski definition) is 2. The van der Waals surface area contributed by atoms with Crippen molar-refractivity contribution >= 4 is 11.9 Å². The average Bonchev–Trinajstić information content (AvgIpc) is 2.35. The molecule has 1 unspecified atom stereocenters. The molecule has 92 valence electrons. The van der Waals surface area contributed by atoms with Gasteiger partial charge in [0.2, 0.25) is 0 Å². The molecule has 2 N–H and O–H groups in total. The molecule has 5 nitrogen and oxygen atoms in total. The first-order valence-corrected chi connectivity index (χ1v) is 5.51. The molecule has 1 heterocycles. The Kier molecular flexibility index (Phi) is 4.63. The largest absolute Gasteiger partial charge is 0.478 e. The quantitative estimate of drug-likeness (QED) is 0.813. The number of pyridine rings is 1. The third-order valence-electron chi connectivity index (χ3n) is 2.60. The summed E-state index contributed by atoms with van der Waals surface area (Å²) in [4.78, 5) is 26.4. The second-order valence-electron chi connectivity index (χ2n) is 3.95. The van der Waals surface area contributed by atoms with Crippen LogP contribution in [0.25, 0.3) is 0 Å². The Bertz CT molecular complexity index is 418. The highest BCUT2D eigenvalue weighted by Crippen LogP contribution is 2.07. The summed E-state index contributed by atoms with van der Waals surface area (Å²) in [6.07, 6.45) is 3.55. The summed E-state index contributed by atoms with van der Waals surface area (Å²) in [5, 5.41) is 11.6. The van der Waals surface area contributed by atoms with Crippen molar-refractivity contribution in [3.8, 4) is 0 Å². The van der Waals surface area contributed by atoms with Crippen LogP contribution in [-0.2, 0) is 0 Å². The Labute approximate surface area is 99.9 Å². The molecule has 0 aliphatic carbocycles. The number of amides is 1. The van der Waals surface area contributed by atoms with E-state index in [0.29, 0.717) is 12.5 Å². The summed E-state index contributed by atoms with van der Waals surface area (Å²) >= 11 is 0. The highest BCUT2D eigenvalue weighted by molar-refractivity contribution is 6.04. The maximum Gasteiger partial charge on any atom is 0.338 e. The monoisotopic (exact) mass is 236 g/mol. The van der Waals surface area contributed by atoms with Crippen LogP contribution >= 0.6 is 0 Å². The zero-order chi connectivity index (χ0) is 12.8. The van der Waals surface area contributed by atoms with Gasteiger partial charge in [0, 0.05) is 18.9 Å². The Morgan fingerprint density at radius 3 is 2.76 bits per heavy atom. The molecule has 0 aliphatic rings. The van der Waals surface area contributed by atoms with Crippen molar-refractivity contribution in [1.29, 1.82) is 0 Å². The van der Waals surface area contributed by atoms with Crippen LogP contribution in [0.4, 0.5) is 0 Å². The second kappa shape index (κ2) is 5.98. The van der Waals surface area contributed by atoms with Gasteiger partial charge in [-0.1, -0.05) is 20.3 Å². The molecule has 0 spiro atoms. The standard InChI is InChI=1S/C12H16N2O3/c1-3-8(2)6-14-11(15)9-4-5-13-7-10(9)12(16)17/h4-5,7-8H,3,6H2,1-2H3,(H,14,15)(H,16,17). The summed E-state index contributed by atoms with van der Waals surface area (Å²) in [5.74, 6) is -1.15. The van der Waals surface area contributed by atoms with E-state index in [1.165, 1.54) is 18.5 Å². The molecule has 0 saturated carbocycles. The first-order valence-electron chi connectivity index (χ1n) is 5.51. The van der Waals surface area contributed by atoms with Crippen molar-refractivity contribution < 1.29 is 14.7 Å². The number of hydrogen-bond acceptors (Lipinski definition) is 3. The fourth-order valence-corrected chi connectivity index (χ4v) is 1.27. The van der Waals surface area contributed by atoms with Crippen molar-refractivity contribution in [3.05, 3.63) is 29.6 Å². The van der Waals surface area contributed by atoms with Crippen LogP contribution in [-0.4, -0.2) is 28.5 Å². The molecule has 1 amide bonds. The minimum atomic E-state index is -1.15. The Hall–Kier alpha value is -1.91. The first kappa shape index (κ1) is 13.2. The van der Waals surface area contributed by atoms with Gasteiger partial charge in [0.15, 0.2) is 0 Å². The van der Waals surface area contributed by atoms with Crippen molar-refractivity contribution in [2.75, 3.05) is 6.54 Å². The molecule has 1 aromatic heterocycles. The fourth-order valence-electron chi connectivity index (χ4n) is 1.27. The fraction of sp³-hybridized carbons (Fsp3) is 0.417. The first-order chi connectivity index (χ1) is 8.06. The lowest BCUT2D eigenvalue weighted by molar-refractivity contribution is 0.0690. The molecule has 1 atom stereocenters. The summed E-state index contributed by atoms with van der Waals surface area (Å²) in [5.41, 5.74) is 0.0740. The van der Waals surface area contributed by atoms with Gasteiger partial charge in [0.05, 0.1) is 11.1 Å². The van der Waals surface area contributed by atoms with Gasteiger partial charge in [0.25, 0.3) is 5.91 Å². The van der Waals surface area contributed by atoms with Gasteiger partial charge in [-0.3, -0.25) is 9.78 Å². The lowest BCUT2D eigenvalue weighted by Crippen LogP contribution is -2.29.